The molecule has 4 aliphatic rings. The number of hydrogen-bond donors (Lipinski definition) is 0. The molecule has 0 N–H and O–H groups in total. The lowest BCUT2D eigenvalue weighted by atomic mass is 9.48. The number of esters is 1. The van der Waals surface area contributed by atoms with Crippen LogP contribution in [0.5, 0.6) is 0 Å². The molecule has 3 fully saturated rings. The number of fused-ring (bicyclic) bond motifs is 5. The van der Waals surface area contributed by atoms with Gasteiger partial charge in [0.25, 0.3) is 0 Å². The number of allylic oxidation sites excluding steroid dienone is 2. The Morgan fingerprint density at radius 1 is 1.08 bits per heavy atom. The summed E-state index contributed by atoms with van der Waals surface area (Å²) in [6.07, 6.45) is 11.1. The molecule has 0 aromatic rings. The maximum atomic E-state index is 13.1. The Hall–Kier alpha value is -1.12. The van der Waals surface area contributed by atoms with E-state index < -0.39 is 0 Å². The summed E-state index contributed by atoms with van der Waals surface area (Å²) in [6, 6.07) is 0. The van der Waals surface area contributed by atoms with Gasteiger partial charge in [0.1, 0.15) is 6.10 Å². The highest BCUT2D eigenvalue weighted by Crippen LogP contribution is 2.64. The molecule has 4 aliphatic carbocycles. The van der Waals surface area contributed by atoms with Crippen LogP contribution in [-0.4, -0.2) is 17.9 Å². The van der Waals surface area contributed by atoms with Gasteiger partial charge in [0.15, 0.2) is 5.78 Å². The second-order valence-corrected chi connectivity index (χ2v) is 9.16. The third kappa shape index (κ3) is 2.86. The van der Waals surface area contributed by atoms with Crippen LogP contribution in [0.4, 0.5) is 0 Å². The molecule has 6 atom stereocenters. The van der Waals surface area contributed by atoms with Crippen LogP contribution in [0.15, 0.2) is 11.6 Å². The van der Waals surface area contributed by atoms with Crippen molar-refractivity contribution in [3.8, 4) is 0 Å². The van der Waals surface area contributed by atoms with Gasteiger partial charge >= 0.3 is 5.97 Å². The lowest BCUT2D eigenvalue weighted by Crippen LogP contribution is -2.53. The minimum absolute atomic E-state index is 0.00158. The van der Waals surface area contributed by atoms with Gasteiger partial charge in [-0.05, 0) is 68.3 Å². The van der Waals surface area contributed by atoms with E-state index in [9.17, 15) is 9.59 Å². The summed E-state index contributed by atoms with van der Waals surface area (Å²) in [5.74, 6) is 1.22. The van der Waals surface area contributed by atoms with Crippen molar-refractivity contribution in [3.63, 3.8) is 0 Å². The van der Waals surface area contributed by atoms with Gasteiger partial charge in [-0.15, -0.1) is 0 Å². The molecular weight excluding hydrogens is 324 g/mol. The third-order valence-electron chi connectivity index (χ3n) is 8.08. The van der Waals surface area contributed by atoms with Gasteiger partial charge in [0.2, 0.25) is 0 Å². The van der Waals surface area contributed by atoms with Crippen LogP contribution >= 0.6 is 0 Å². The zero-order chi connectivity index (χ0) is 19.1. The van der Waals surface area contributed by atoms with E-state index in [0.29, 0.717) is 17.6 Å². The van der Waals surface area contributed by atoms with E-state index in [2.05, 4.69) is 13.8 Å². The molecule has 0 spiro atoms. The normalized spacial score (nSPS) is 43.9. The van der Waals surface area contributed by atoms with E-state index in [1.54, 1.807) is 0 Å². The van der Waals surface area contributed by atoms with Crippen molar-refractivity contribution in [1.82, 2.24) is 0 Å². The van der Waals surface area contributed by atoms with Crippen molar-refractivity contribution in [2.24, 2.45) is 28.6 Å². The summed E-state index contributed by atoms with van der Waals surface area (Å²) in [7, 11) is 0. The van der Waals surface area contributed by atoms with Gasteiger partial charge in [0, 0.05) is 18.3 Å². The van der Waals surface area contributed by atoms with Crippen LogP contribution in [0.1, 0.15) is 86.0 Å². The minimum atomic E-state index is -0.180. The second kappa shape index (κ2) is 7.13. The Morgan fingerprint density at radius 3 is 2.50 bits per heavy atom. The monoisotopic (exact) mass is 360 g/mol. The first kappa shape index (κ1) is 19.6. The summed E-state index contributed by atoms with van der Waals surface area (Å²) in [4.78, 5) is 24.6. The van der Waals surface area contributed by atoms with Crippen molar-refractivity contribution in [1.29, 1.82) is 0 Å². The van der Waals surface area contributed by atoms with Gasteiger partial charge in [-0.25, -0.2) is 0 Å². The van der Waals surface area contributed by atoms with E-state index in [-0.39, 0.29) is 28.8 Å². The molecule has 0 heterocycles. The van der Waals surface area contributed by atoms with Crippen molar-refractivity contribution >= 4 is 11.8 Å². The highest BCUT2D eigenvalue weighted by Gasteiger charge is 2.61. The fourth-order valence-corrected chi connectivity index (χ4v) is 6.78. The Bertz CT molecular complexity index is 607. The summed E-state index contributed by atoms with van der Waals surface area (Å²) in [5.41, 5.74) is 1.65. The summed E-state index contributed by atoms with van der Waals surface area (Å²) in [6.45, 7) is 10.2. The molecule has 0 aliphatic heterocycles. The van der Waals surface area contributed by atoms with Crippen molar-refractivity contribution in [2.45, 2.75) is 92.1 Å². The van der Waals surface area contributed by atoms with E-state index in [1.807, 2.05) is 19.9 Å². The quantitative estimate of drug-likeness (QED) is 0.582. The van der Waals surface area contributed by atoms with E-state index in [1.165, 1.54) is 31.8 Å². The van der Waals surface area contributed by atoms with Crippen molar-refractivity contribution in [3.05, 3.63) is 11.6 Å². The molecule has 0 aromatic heterocycles. The molecule has 4 rings (SSSR count). The molecule has 0 amide bonds. The number of ether oxygens (including phenoxy) is 1. The zero-order valence-electron chi connectivity index (χ0n) is 17.3. The molecular formula is C23H36O3. The molecule has 3 nitrogen and oxygen atoms in total. The van der Waals surface area contributed by atoms with Gasteiger partial charge in [-0.3, -0.25) is 9.59 Å². The largest absolute Gasteiger partial charge is 0.462 e. The molecule has 26 heavy (non-hydrogen) atoms. The van der Waals surface area contributed by atoms with E-state index in [0.717, 1.165) is 32.1 Å². The highest BCUT2D eigenvalue weighted by molar-refractivity contribution is 5.94. The Morgan fingerprint density at radius 2 is 1.81 bits per heavy atom. The average Bonchev–Trinajstić information content (AvgIpc) is 2.93. The fourth-order valence-electron chi connectivity index (χ4n) is 6.78. The predicted octanol–water partition coefficient (Wildman–Crippen LogP) is 5.48. The molecule has 146 valence electrons. The maximum absolute atomic E-state index is 13.1. The summed E-state index contributed by atoms with van der Waals surface area (Å²) >= 11 is 0. The van der Waals surface area contributed by atoms with Crippen molar-refractivity contribution < 1.29 is 14.3 Å². The van der Waals surface area contributed by atoms with E-state index in [4.69, 9.17) is 4.74 Å². The fraction of sp³-hybridized carbons (Fsp3) is 0.826. The Balaban J connectivity index is 0.000000948. The zero-order valence-corrected chi connectivity index (χ0v) is 17.3. The number of rotatable bonds is 1. The van der Waals surface area contributed by atoms with Gasteiger partial charge in [-0.1, -0.05) is 39.7 Å². The first-order valence-electron chi connectivity index (χ1n) is 10.8. The lowest BCUT2D eigenvalue weighted by Gasteiger charge is -2.56. The van der Waals surface area contributed by atoms with Gasteiger partial charge in [0.05, 0.1) is 0 Å². The first-order valence-corrected chi connectivity index (χ1v) is 10.8. The average molecular weight is 361 g/mol. The van der Waals surface area contributed by atoms with Crippen LogP contribution in [0.2, 0.25) is 0 Å². The number of ketones is 1. The molecule has 3 saturated carbocycles. The molecule has 0 radical (unpaired) electrons. The maximum Gasteiger partial charge on any atom is 0.302 e. The van der Waals surface area contributed by atoms with Crippen LogP contribution in [-0.2, 0) is 14.3 Å². The SMILES string of the molecule is CC.CC(=O)OC1CCC2C3C(=O)C=C4CCCCC4(C)C3CCC12C. The van der Waals surface area contributed by atoms with Crippen LogP contribution in [0, 0.1) is 28.6 Å². The third-order valence-corrected chi connectivity index (χ3v) is 8.08. The van der Waals surface area contributed by atoms with Crippen molar-refractivity contribution in [2.75, 3.05) is 0 Å². The number of hydrogen-bond acceptors (Lipinski definition) is 3. The minimum Gasteiger partial charge on any atom is -0.462 e. The standard InChI is InChI=1S/C21H30O3.C2H6/c1-13(22)24-18-8-7-15-19-16(9-11-21(15,18)3)20(2)10-5-4-6-14(20)12-17(19)23;1-2/h12,15-16,18-19H,4-11H2,1-3H3;1-2H3. The lowest BCUT2D eigenvalue weighted by molar-refractivity contribution is -0.158. The molecule has 0 bridgehead atoms. The second-order valence-electron chi connectivity index (χ2n) is 9.16. The molecule has 6 unspecified atom stereocenters. The van der Waals surface area contributed by atoms with Crippen LogP contribution in [0.3, 0.4) is 0 Å². The predicted molar refractivity (Wildman–Crippen MR) is 104 cm³/mol. The number of carbonyl (C=O) groups excluding carboxylic acids is 2. The first-order chi connectivity index (χ1) is 12.4. The molecule has 0 aromatic carbocycles. The molecule has 0 saturated heterocycles. The van der Waals surface area contributed by atoms with Gasteiger partial charge < -0.3 is 4.74 Å². The highest BCUT2D eigenvalue weighted by atomic mass is 16.5. The molecule has 3 heteroatoms. The van der Waals surface area contributed by atoms with Crippen LogP contribution < -0.4 is 0 Å². The Kier molecular flexibility index (Phi) is 5.38. The summed E-state index contributed by atoms with van der Waals surface area (Å²) < 4.78 is 5.66. The number of carbonyl (C=O) groups is 2. The van der Waals surface area contributed by atoms with Crippen LogP contribution in [0.25, 0.3) is 0 Å². The Labute approximate surface area is 158 Å². The topological polar surface area (TPSA) is 43.4 Å². The summed E-state index contributed by atoms with van der Waals surface area (Å²) in [5, 5.41) is 0. The smallest absolute Gasteiger partial charge is 0.302 e. The van der Waals surface area contributed by atoms with Gasteiger partial charge in [-0.2, -0.15) is 0 Å². The van der Waals surface area contributed by atoms with E-state index >= 15 is 0 Å².